The summed E-state index contributed by atoms with van der Waals surface area (Å²) in [7, 11) is 0. The standard InChI is InChI=1S/C17H20F3NO2S/c1-16(2,3)23-15(22)21-13-7-11-6-12(17(18,19)20)5-4-10(11)8-14(24)9-13/h4-6,13H,7-9H2,1-3H3,(H,21,22). The fourth-order valence-corrected chi connectivity index (χ4v) is 2.99. The van der Waals surface area contributed by atoms with Crippen molar-refractivity contribution in [2.45, 2.75) is 57.9 Å². The molecule has 0 saturated carbocycles. The van der Waals surface area contributed by atoms with E-state index in [1.807, 2.05) is 0 Å². The summed E-state index contributed by atoms with van der Waals surface area (Å²) in [5.41, 5.74) is 0.00811. The van der Waals surface area contributed by atoms with Crippen LogP contribution in [-0.2, 0) is 23.8 Å². The van der Waals surface area contributed by atoms with Gasteiger partial charge < -0.3 is 10.1 Å². The molecule has 0 spiro atoms. The minimum absolute atomic E-state index is 0.290. The summed E-state index contributed by atoms with van der Waals surface area (Å²) in [4.78, 5) is 12.6. The molecule has 0 aromatic heterocycles. The van der Waals surface area contributed by atoms with Gasteiger partial charge in [0.1, 0.15) is 5.60 Å². The number of fused-ring (bicyclic) bond motifs is 1. The summed E-state index contributed by atoms with van der Waals surface area (Å²) in [5, 5.41) is 2.72. The third-order valence-corrected chi connectivity index (χ3v) is 3.89. The monoisotopic (exact) mass is 359 g/mol. The van der Waals surface area contributed by atoms with Crippen LogP contribution in [0, 0.1) is 0 Å². The van der Waals surface area contributed by atoms with Gasteiger partial charge in [0.05, 0.1) is 5.56 Å². The smallest absolute Gasteiger partial charge is 0.416 e. The minimum Gasteiger partial charge on any atom is -0.444 e. The van der Waals surface area contributed by atoms with Crippen molar-refractivity contribution in [3.05, 3.63) is 34.9 Å². The highest BCUT2D eigenvalue weighted by Gasteiger charge is 2.32. The third kappa shape index (κ3) is 5.19. The highest BCUT2D eigenvalue weighted by atomic mass is 32.1. The number of halogens is 3. The van der Waals surface area contributed by atoms with Crippen LogP contribution >= 0.6 is 12.2 Å². The number of amides is 1. The Kier molecular flexibility index (Phi) is 5.22. The van der Waals surface area contributed by atoms with Crippen molar-refractivity contribution in [2.75, 3.05) is 0 Å². The first-order valence-corrected chi connectivity index (χ1v) is 8.05. The molecule has 1 aromatic carbocycles. The molecule has 0 aliphatic heterocycles. The second kappa shape index (κ2) is 6.70. The van der Waals surface area contributed by atoms with Crippen LogP contribution < -0.4 is 5.32 Å². The van der Waals surface area contributed by atoms with Crippen molar-refractivity contribution in [2.24, 2.45) is 0 Å². The van der Waals surface area contributed by atoms with Crippen molar-refractivity contribution >= 4 is 23.2 Å². The summed E-state index contributed by atoms with van der Waals surface area (Å²) in [6.07, 6.45) is -3.82. The molecule has 24 heavy (non-hydrogen) atoms. The first-order valence-electron chi connectivity index (χ1n) is 7.64. The molecule has 0 saturated heterocycles. The molecule has 1 aromatic rings. The molecule has 1 aliphatic rings. The van der Waals surface area contributed by atoms with E-state index in [-0.39, 0.29) is 6.04 Å². The number of hydrogen-bond acceptors (Lipinski definition) is 3. The highest BCUT2D eigenvalue weighted by Crippen LogP contribution is 2.32. The molecule has 7 heteroatoms. The number of ether oxygens (including phenoxy) is 1. The van der Waals surface area contributed by atoms with Gasteiger partial charge in [-0.3, -0.25) is 0 Å². The lowest BCUT2D eigenvalue weighted by molar-refractivity contribution is -0.137. The van der Waals surface area contributed by atoms with Crippen LogP contribution in [0.15, 0.2) is 18.2 Å². The van der Waals surface area contributed by atoms with Crippen LogP contribution in [0.3, 0.4) is 0 Å². The maximum absolute atomic E-state index is 12.9. The van der Waals surface area contributed by atoms with E-state index in [0.29, 0.717) is 29.7 Å². The van der Waals surface area contributed by atoms with E-state index in [4.69, 9.17) is 17.0 Å². The van der Waals surface area contributed by atoms with Gasteiger partial charge in [0, 0.05) is 12.5 Å². The number of alkyl carbamates (subject to hydrolysis) is 1. The molecular formula is C17H20F3NO2S. The van der Waals surface area contributed by atoms with Crippen LogP contribution in [0.1, 0.15) is 43.9 Å². The summed E-state index contributed by atoms with van der Waals surface area (Å²) in [6.45, 7) is 5.24. The molecular weight excluding hydrogens is 339 g/mol. The summed E-state index contributed by atoms with van der Waals surface area (Å²) in [6, 6.07) is 3.31. The van der Waals surface area contributed by atoms with Crippen molar-refractivity contribution in [3.8, 4) is 0 Å². The fraction of sp³-hybridized carbons (Fsp3) is 0.529. The van der Waals surface area contributed by atoms with E-state index in [1.165, 1.54) is 6.07 Å². The van der Waals surface area contributed by atoms with Crippen LogP contribution in [-0.4, -0.2) is 22.6 Å². The Labute approximate surface area is 144 Å². The average Bonchev–Trinajstić information content (AvgIpc) is 2.51. The maximum Gasteiger partial charge on any atom is 0.416 e. The summed E-state index contributed by atoms with van der Waals surface area (Å²) < 4.78 is 44.0. The van der Waals surface area contributed by atoms with Crippen LogP contribution in [0.2, 0.25) is 0 Å². The van der Waals surface area contributed by atoms with Crippen LogP contribution in [0.5, 0.6) is 0 Å². The van der Waals surface area contributed by atoms with Crippen LogP contribution in [0.25, 0.3) is 0 Å². The van der Waals surface area contributed by atoms with Gasteiger partial charge in [-0.25, -0.2) is 4.79 Å². The highest BCUT2D eigenvalue weighted by molar-refractivity contribution is 7.80. The molecule has 0 fully saturated rings. The number of alkyl halides is 3. The van der Waals surface area contributed by atoms with E-state index in [2.05, 4.69) is 5.32 Å². The Morgan fingerprint density at radius 1 is 1.21 bits per heavy atom. The predicted octanol–water partition coefficient (Wildman–Crippen LogP) is 4.46. The quantitative estimate of drug-likeness (QED) is 0.594. The SMILES string of the molecule is CC(C)(C)OC(=O)NC1CC(=S)Cc2ccc(C(F)(F)F)cc2C1. The molecule has 2 rings (SSSR count). The van der Waals surface area contributed by atoms with E-state index in [0.717, 1.165) is 17.7 Å². The first-order chi connectivity index (χ1) is 10.9. The molecule has 3 nitrogen and oxygen atoms in total. The minimum atomic E-state index is -4.39. The van der Waals surface area contributed by atoms with Gasteiger partial charge in [-0.1, -0.05) is 18.3 Å². The molecule has 0 heterocycles. The number of rotatable bonds is 1. The maximum atomic E-state index is 12.9. The lowest BCUT2D eigenvalue weighted by Crippen LogP contribution is -2.40. The Morgan fingerprint density at radius 2 is 1.88 bits per heavy atom. The summed E-state index contributed by atoms with van der Waals surface area (Å²) in [5.74, 6) is 0. The molecule has 1 N–H and O–H groups in total. The number of thiocarbonyl (C=S) groups is 1. The van der Waals surface area contributed by atoms with Gasteiger partial charge in [-0.2, -0.15) is 13.2 Å². The van der Waals surface area contributed by atoms with Crippen molar-refractivity contribution in [1.82, 2.24) is 5.32 Å². The van der Waals surface area contributed by atoms with Gasteiger partial charge in [-0.15, -0.1) is 0 Å². The van der Waals surface area contributed by atoms with Gasteiger partial charge in [0.15, 0.2) is 0 Å². The van der Waals surface area contributed by atoms with Gasteiger partial charge in [0.25, 0.3) is 0 Å². The van der Waals surface area contributed by atoms with Crippen molar-refractivity contribution in [3.63, 3.8) is 0 Å². The topological polar surface area (TPSA) is 38.3 Å². The molecule has 1 aliphatic carbocycles. The molecule has 1 atom stereocenters. The largest absolute Gasteiger partial charge is 0.444 e. The van der Waals surface area contributed by atoms with Gasteiger partial charge in [0.2, 0.25) is 0 Å². The van der Waals surface area contributed by atoms with E-state index in [9.17, 15) is 18.0 Å². The third-order valence-electron chi connectivity index (χ3n) is 3.58. The molecule has 0 radical (unpaired) electrons. The van der Waals surface area contributed by atoms with Gasteiger partial charge >= 0.3 is 12.3 Å². The number of benzene rings is 1. The molecule has 1 amide bonds. The molecule has 0 bridgehead atoms. The number of carbonyl (C=O) groups is 1. The zero-order valence-electron chi connectivity index (χ0n) is 13.8. The average molecular weight is 359 g/mol. The van der Waals surface area contributed by atoms with E-state index >= 15 is 0 Å². The summed E-state index contributed by atoms with van der Waals surface area (Å²) >= 11 is 5.30. The normalized spacial score (nSPS) is 18.6. The number of nitrogens with one attached hydrogen (secondary N) is 1. The van der Waals surface area contributed by atoms with Crippen molar-refractivity contribution in [1.29, 1.82) is 0 Å². The Hall–Kier alpha value is -1.63. The van der Waals surface area contributed by atoms with Crippen LogP contribution in [0.4, 0.5) is 18.0 Å². The number of hydrogen-bond donors (Lipinski definition) is 1. The fourth-order valence-electron chi connectivity index (χ4n) is 2.64. The van der Waals surface area contributed by atoms with E-state index < -0.39 is 23.4 Å². The van der Waals surface area contributed by atoms with E-state index in [1.54, 1.807) is 20.8 Å². The zero-order valence-corrected chi connectivity index (χ0v) is 14.6. The lowest BCUT2D eigenvalue weighted by Gasteiger charge is -2.23. The number of carbonyl (C=O) groups excluding carboxylic acids is 1. The second-order valence-corrected chi connectivity index (χ2v) is 7.53. The lowest BCUT2D eigenvalue weighted by atomic mass is 9.99. The first kappa shape index (κ1) is 18.7. The zero-order chi connectivity index (χ0) is 18.1. The molecule has 1 unspecified atom stereocenters. The Balaban J connectivity index is 2.20. The second-order valence-electron chi connectivity index (χ2n) is 6.95. The van der Waals surface area contributed by atoms with Gasteiger partial charge in [-0.05, 0) is 61.7 Å². The predicted molar refractivity (Wildman–Crippen MR) is 89.2 cm³/mol. The Bertz CT molecular complexity index is 650. The van der Waals surface area contributed by atoms with Crippen molar-refractivity contribution < 1.29 is 22.7 Å². The molecule has 132 valence electrons. The Morgan fingerprint density at radius 3 is 2.46 bits per heavy atom.